The predicted molar refractivity (Wildman–Crippen MR) is 138 cm³/mol. The number of carbonyl (C=O) groups excluding carboxylic acids is 1. The van der Waals surface area contributed by atoms with Crippen LogP contribution in [0.5, 0.6) is 17.4 Å². The molecule has 3 aromatic rings. The van der Waals surface area contributed by atoms with Gasteiger partial charge in [0.05, 0.1) is 35.3 Å². The molecule has 15 heteroatoms. The Balaban J connectivity index is 1.47. The second-order valence-corrected chi connectivity index (χ2v) is 8.60. The normalized spacial score (nSPS) is 18.1. The van der Waals surface area contributed by atoms with Crippen LogP contribution in [-0.4, -0.2) is 95.8 Å². The van der Waals surface area contributed by atoms with Gasteiger partial charge in [-0.2, -0.15) is 0 Å². The number of piperidine rings is 1. The second-order valence-electron chi connectivity index (χ2n) is 8.60. The van der Waals surface area contributed by atoms with Gasteiger partial charge in [-0.05, 0) is 18.2 Å². The molecule has 2 atom stereocenters. The Morgan fingerprint density at radius 2 is 1.84 bits per heavy atom. The monoisotopic (exact) mass is 488 g/mol. The Hall–Kier alpha value is -3.34. The molecule has 0 aromatic carbocycles. The van der Waals surface area contributed by atoms with Crippen LogP contribution in [0.1, 0.15) is 16.8 Å². The van der Waals surface area contributed by atoms with Gasteiger partial charge in [0.15, 0.2) is 11.6 Å². The summed E-state index contributed by atoms with van der Waals surface area (Å²) in [6.07, 6.45) is 6.40. The molecule has 3 aromatic heterocycles. The number of aromatic nitrogens is 4. The van der Waals surface area contributed by atoms with Gasteiger partial charge >= 0.3 is 0 Å². The minimum atomic E-state index is -2.14. The van der Waals surface area contributed by atoms with Gasteiger partial charge in [-0.1, -0.05) is 0 Å². The average Bonchev–Trinajstić information content (AvgIpc) is 2.85. The number of pyridine rings is 2. The summed E-state index contributed by atoms with van der Waals surface area (Å²) in [6.45, 7) is 0.780. The van der Waals surface area contributed by atoms with Crippen LogP contribution in [-0.2, 0) is 0 Å². The van der Waals surface area contributed by atoms with Gasteiger partial charge in [-0.3, -0.25) is 9.78 Å². The van der Waals surface area contributed by atoms with Crippen LogP contribution in [0, 0.1) is 0 Å². The highest BCUT2D eigenvalue weighted by Gasteiger charge is 2.33. The van der Waals surface area contributed by atoms with Crippen LogP contribution in [0.25, 0.3) is 11.4 Å². The number of nitrogens with one attached hydrogen (secondary N) is 2. The number of ether oxygens (including phenoxy) is 2. The zero-order chi connectivity index (χ0) is 26.6. The number of carbonyl (C=O) groups is 1. The van der Waals surface area contributed by atoms with E-state index in [0.29, 0.717) is 12.1 Å². The minimum Gasteiger partial charge on any atom is -0.503 e. The molecule has 1 fully saturated rings. The number of nitrogens with zero attached hydrogens (tertiary/aromatic N) is 4. The topological polar surface area (TPSA) is 111 Å². The molecule has 2 N–H and O–H groups in total. The van der Waals surface area contributed by atoms with E-state index < -0.39 is 22.6 Å². The summed E-state index contributed by atoms with van der Waals surface area (Å²) in [4.78, 5) is 29.2. The summed E-state index contributed by atoms with van der Waals surface area (Å²) in [6, 6.07) is 4.34. The molecule has 0 unspecified atom stereocenters. The van der Waals surface area contributed by atoms with E-state index >= 15 is 0 Å². The molecular formula is C22H18B5FN6O3. The SMILES string of the molecule is [B]C([B])([B])C([B])([B])Oc1cccnc1Oc1cncc(-c2ncc(C(=O)N[C@@H]3CNC[C@@H](F)C3)cn2)c1. The largest absolute Gasteiger partial charge is 0.503 e. The van der Waals surface area contributed by atoms with Gasteiger partial charge in [0.2, 0.25) is 0 Å². The maximum Gasteiger partial charge on any atom is 0.262 e. The van der Waals surface area contributed by atoms with Crippen molar-refractivity contribution in [1.82, 2.24) is 30.6 Å². The molecule has 9 nitrogen and oxygen atoms in total. The highest BCUT2D eigenvalue weighted by atomic mass is 19.1. The molecule has 1 saturated heterocycles. The van der Waals surface area contributed by atoms with Crippen LogP contribution in [0.2, 0.25) is 5.11 Å². The van der Waals surface area contributed by atoms with Crippen molar-refractivity contribution in [3.05, 3.63) is 54.7 Å². The van der Waals surface area contributed by atoms with Crippen molar-refractivity contribution >= 4 is 45.1 Å². The molecular weight excluding hydrogens is 469 g/mol. The lowest BCUT2D eigenvalue weighted by Gasteiger charge is -2.42. The van der Waals surface area contributed by atoms with E-state index in [-0.39, 0.29) is 47.8 Å². The zero-order valence-electron chi connectivity index (χ0n) is 19.7. The van der Waals surface area contributed by atoms with Gasteiger partial charge in [0.25, 0.3) is 11.8 Å². The van der Waals surface area contributed by atoms with Crippen molar-refractivity contribution in [2.75, 3.05) is 13.1 Å². The summed E-state index contributed by atoms with van der Waals surface area (Å²) in [5, 5.41) is 1.51. The maximum absolute atomic E-state index is 13.5. The fourth-order valence-corrected chi connectivity index (χ4v) is 3.37. The van der Waals surface area contributed by atoms with Crippen molar-refractivity contribution in [1.29, 1.82) is 0 Å². The molecule has 1 aliphatic rings. The summed E-state index contributed by atoms with van der Waals surface area (Å²) in [5.41, 5.74) is 0.736. The van der Waals surface area contributed by atoms with Gasteiger partial charge in [0, 0.05) is 61.3 Å². The number of hydrogen-bond donors (Lipinski definition) is 2. The quantitative estimate of drug-likeness (QED) is 0.431. The Morgan fingerprint density at radius 1 is 1.08 bits per heavy atom. The fraction of sp³-hybridized carbons (Fsp3) is 0.318. The Bertz CT molecular complexity index is 1250. The third-order valence-electron chi connectivity index (χ3n) is 5.42. The van der Waals surface area contributed by atoms with E-state index in [4.69, 9.17) is 48.7 Å². The summed E-state index contributed by atoms with van der Waals surface area (Å²) in [5.74, 6) is 0.181. The first-order valence-corrected chi connectivity index (χ1v) is 11.2. The molecule has 0 saturated carbocycles. The number of rotatable bonds is 8. The van der Waals surface area contributed by atoms with E-state index in [2.05, 4.69) is 30.6 Å². The van der Waals surface area contributed by atoms with Crippen LogP contribution in [0.3, 0.4) is 0 Å². The van der Waals surface area contributed by atoms with E-state index in [1.807, 2.05) is 0 Å². The molecule has 4 rings (SSSR count). The van der Waals surface area contributed by atoms with E-state index in [1.54, 1.807) is 12.1 Å². The first-order valence-electron chi connectivity index (χ1n) is 11.2. The second kappa shape index (κ2) is 11.0. The third-order valence-corrected chi connectivity index (χ3v) is 5.42. The zero-order valence-corrected chi connectivity index (χ0v) is 19.7. The maximum atomic E-state index is 13.5. The molecule has 0 spiro atoms. The lowest BCUT2D eigenvalue weighted by molar-refractivity contribution is 0.0918. The van der Waals surface area contributed by atoms with E-state index in [9.17, 15) is 9.18 Å². The van der Waals surface area contributed by atoms with Gasteiger partial charge in [-0.15, -0.1) is 5.11 Å². The van der Waals surface area contributed by atoms with Gasteiger partial charge < -0.3 is 20.1 Å². The standard InChI is InChI=1S/C22H18B5FN6O3/c23-21(24,25)22(26,27)37-17-2-1-3-31-20(17)36-16-4-12(6-29-11-16)18-32-7-13(8-33-18)19(35)34-15-5-14(28)9-30-10-15/h1-4,6-8,11,14-15,30H,5,9-10H2,(H,34,35)/t14-,15-/m0/s1. The lowest BCUT2D eigenvalue weighted by Crippen LogP contribution is -2.50. The fourth-order valence-electron chi connectivity index (χ4n) is 3.37. The van der Waals surface area contributed by atoms with Crippen molar-refractivity contribution in [2.24, 2.45) is 0 Å². The smallest absolute Gasteiger partial charge is 0.262 e. The van der Waals surface area contributed by atoms with Crippen molar-refractivity contribution in [2.45, 2.75) is 29.1 Å². The van der Waals surface area contributed by atoms with Gasteiger partial charge in [0.1, 0.15) is 27.6 Å². The number of amides is 1. The summed E-state index contributed by atoms with van der Waals surface area (Å²) in [7, 11) is 28.3. The molecule has 1 amide bonds. The first-order chi connectivity index (χ1) is 17.5. The van der Waals surface area contributed by atoms with Crippen LogP contribution in [0.15, 0.2) is 49.2 Å². The van der Waals surface area contributed by atoms with Crippen molar-refractivity contribution in [3.63, 3.8) is 0 Å². The predicted octanol–water partition coefficient (Wildman–Crippen LogP) is 0.104. The molecule has 0 aliphatic carbocycles. The molecule has 1 aliphatic heterocycles. The first kappa shape index (κ1) is 26.7. The molecule has 37 heavy (non-hydrogen) atoms. The molecule has 0 bridgehead atoms. The average molecular weight is 487 g/mol. The molecule has 10 radical (unpaired) electrons. The van der Waals surface area contributed by atoms with Crippen LogP contribution in [0.4, 0.5) is 4.39 Å². The number of hydrogen-bond acceptors (Lipinski definition) is 8. The Labute approximate surface area is 220 Å². The molecule has 4 heterocycles. The van der Waals surface area contributed by atoms with Crippen molar-refractivity contribution in [3.8, 4) is 28.8 Å². The Kier molecular flexibility index (Phi) is 7.91. The van der Waals surface area contributed by atoms with Gasteiger partial charge in [-0.25, -0.2) is 19.3 Å². The highest BCUT2D eigenvalue weighted by Crippen LogP contribution is 2.35. The van der Waals surface area contributed by atoms with Crippen LogP contribution < -0.4 is 20.1 Å². The van der Waals surface area contributed by atoms with Crippen molar-refractivity contribution < 1.29 is 18.7 Å². The lowest BCUT2D eigenvalue weighted by atomic mass is 9.28. The molecule has 176 valence electrons. The van der Waals surface area contributed by atoms with E-state index in [0.717, 1.165) is 0 Å². The van der Waals surface area contributed by atoms with E-state index in [1.165, 1.54) is 37.1 Å². The minimum absolute atomic E-state index is 0.00775. The highest BCUT2D eigenvalue weighted by molar-refractivity contribution is 6.66. The summed E-state index contributed by atoms with van der Waals surface area (Å²) >= 11 is 0. The number of halogens is 1. The summed E-state index contributed by atoms with van der Waals surface area (Å²) < 4.78 is 24.8. The van der Waals surface area contributed by atoms with Crippen LogP contribution >= 0.6 is 0 Å². The number of alkyl halides is 1. The Morgan fingerprint density at radius 3 is 2.54 bits per heavy atom. The third kappa shape index (κ3) is 6.71.